The third kappa shape index (κ3) is 0.997. The van der Waals surface area contributed by atoms with Crippen LogP contribution in [0, 0.1) is 23.2 Å². The molecule has 0 heterocycles. The molecule has 0 aromatic heterocycles. The van der Waals surface area contributed by atoms with Crippen LogP contribution < -0.4 is 10.2 Å². The monoisotopic (exact) mass is 194 g/mol. The topological polar surface area (TPSA) is 80.3 Å². The van der Waals surface area contributed by atoms with Gasteiger partial charge in [-0.2, -0.15) is 0 Å². The summed E-state index contributed by atoms with van der Waals surface area (Å²) in [5.41, 5.74) is -0.561. The summed E-state index contributed by atoms with van der Waals surface area (Å²) in [6.45, 7) is 1.76. The van der Waals surface area contributed by atoms with Crippen molar-refractivity contribution < 1.29 is 19.8 Å². The van der Waals surface area contributed by atoms with Gasteiger partial charge in [-0.25, -0.2) is 0 Å². The molecule has 0 saturated heterocycles. The van der Waals surface area contributed by atoms with Crippen LogP contribution in [-0.2, 0) is 9.59 Å². The van der Waals surface area contributed by atoms with Gasteiger partial charge < -0.3 is 19.8 Å². The number of carbonyl (C=O) groups is 2. The number of aliphatic carboxylic acids is 2. The molecule has 2 bridgehead atoms. The van der Waals surface area contributed by atoms with E-state index in [0.29, 0.717) is 6.42 Å². The van der Waals surface area contributed by atoms with Crippen molar-refractivity contribution in [3.63, 3.8) is 0 Å². The van der Waals surface area contributed by atoms with E-state index in [1.54, 1.807) is 19.1 Å². The van der Waals surface area contributed by atoms with Crippen LogP contribution in [0.4, 0.5) is 0 Å². The summed E-state index contributed by atoms with van der Waals surface area (Å²) in [7, 11) is 0. The van der Waals surface area contributed by atoms with Crippen molar-refractivity contribution in [2.75, 3.05) is 0 Å². The first-order valence-corrected chi connectivity index (χ1v) is 4.57. The molecule has 4 nitrogen and oxygen atoms in total. The number of hydrogen-bond acceptors (Lipinski definition) is 4. The number of hydrogen-bond donors (Lipinski definition) is 0. The van der Waals surface area contributed by atoms with Crippen LogP contribution in [0.25, 0.3) is 0 Å². The Morgan fingerprint density at radius 2 is 2.00 bits per heavy atom. The summed E-state index contributed by atoms with van der Waals surface area (Å²) in [5, 5.41) is 21.7. The van der Waals surface area contributed by atoms with Gasteiger partial charge in [0.05, 0.1) is 0 Å². The van der Waals surface area contributed by atoms with Crippen LogP contribution in [0.3, 0.4) is 0 Å². The van der Waals surface area contributed by atoms with Gasteiger partial charge in [-0.3, -0.25) is 0 Å². The second-order valence-corrected chi connectivity index (χ2v) is 4.37. The zero-order valence-electron chi connectivity index (χ0n) is 7.73. The second-order valence-electron chi connectivity index (χ2n) is 4.37. The smallest absolute Gasteiger partial charge is 0.0460 e. The first kappa shape index (κ1) is 9.24. The van der Waals surface area contributed by atoms with Gasteiger partial charge in [-0.15, -0.1) is 0 Å². The molecule has 0 aliphatic heterocycles. The molecule has 4 unspecified atom stereocenters. The van der Waals surface area contributed by atoms with Gasteiger partial charge >= 0.3 is 0 Å². The molecule has 14 heavy (non-hydrogen) atoms. The number of allylic oxidation sites excluding steroid dienone is 2. The molecule has 4 atom stereocenters. The summed E-state index contributed by atoms with van der Waals surface area (Å²) in [6, 6.07) is 0. The van der Waals surface area contributed by atoms with E-state index < -0.39 is 29.2 Å². The minimum absolute atomic E-state index is 0.201. The maximum Gasteiger partial charge on any atom is 0.0460 e. The van der Waals surface area contributed by atoms with Crippen LogP contribution >= 0.6 is 0 Å². The lowest BCUT2D eigenvalue weighted by Crippen LogP contribution is -2.48. The second kappa shape index (κ2) is 2.59. The molecule has 0 amide bonds. The van der Waals surface area contributed by atoms with Crippen LogP contribution in [0.5, 0.6) is 0 Å². The predicted octanol–water partition coefficient (Wildman–Crippen LogP) is -1.69. The highest BCUT2D eigenvalue weighted by Gasteiger charge is 2.53. The van der Waals surface area contributed by atoms with Crippen molar-refractivity contribution in [3.8, 4) is 0 Å². The lowest BCUT2D eigenvalue weighted by Gasteiger charge is -2.34. The van der Waals surface area contributed by atoms with E-state index >= 15 is 0 Å². The van der Waals surface area contributed by atoms with Crippen LogP contribution in [0.15, 0.2) is 12.2 Å². The van der Waals surface area contributed by atoms with Crippen molar-refractivity contribution in [1.29, 1.82) is 0 Å². The summed E-state index contributed by atoms with van der Waals surface area (Å²) in [6.07, 6.45) is 4.14. The number of carboxylic acids is 2. The van der Waals surface area contributed by atoms with Crippen LogP contribution in [-0.4, -0.2) is 11.9 Å². The van der Waals surface area contributed by atoms with Crippen LogP contribution in [0.2, 0.25) is 0 Å². The Morgan fingerprint density at radius 3 is 2.43 bits per heavy atom. The Bertz CT molecular complexity index is 333. The SMILES string of the molecule is CC12C=CC(C1)C(C(=O)[O-])C2C(=O)[O-]. The van der Waals surface area contributed by atoms with Gasteiger partial charge in [0.15, 0.2) is 0 Å². The lowest BCUT2D eigenvalue weighted by atomic mass is 9.75. The number of fused-ring (bicyclic) bond motifs is 2. The van der Waals surface area contributed by atoms with Crippen molar-refractivity contribution >= 4 is 11.9 Å². The quantitative estimate of drug-likeness (QED) is 0.491. The fourth-order valence-corrected chi connectivity index (χ4v) is 2.85. The molecule has 2 rings (SSSR count). The third-order valence-corrected chi connectivity index (χ3v) is 3.46. The van der Waals surface area contributed by atoms with Gasteiger partial charge in [0.2, 0.25) is 0 Å². The lowest BCUT2D eigenvalue weighted by molar-refractivity contribution is -0.328. The highest BCUT2D eigenvalue weighted by atomic mass is 16.4. The van der Waals surface area contributed by atoms with E-state index in [0.717, 1.165) is 0 Å². The number of carboxylic acid groups (broad SMARTS) is 2. The molecule has 76 valence electrons. The van der Waals surface area contributed by atoms with E-state index in [9.17, 15) is 19.8 Å². The Balaban J connectivity index is 2.41. The minimum atomic E-state index is -1.28. The fraction of sp³-hybridized carbons (Fsp3) is 0.600. The van der Waals surface area contributed by atoms with E-state index in [4.69, 9.17) is 0 Å². The Morgan fingerprint density at radius 1 is 1.36 bits per heavy atom. The average Bonchev–Trinajstić information content (AvgIpc) is 2.55. The molecular formula is C10H10O4-2. The Labute approximate surface area is 81.2 Å². The van der Waals surface area contributed by atoms with E-state index in [1.165, 1.54) is 0 Å². The summed E-state index contributed by atoms with van der Waals surface area (Å²) >= 11 is 0. The Hall–Kier alpha value is -1.32. The largest absolute Gasteiger partial charge is 0.550 e. The zero-order valence-corrected chi connectivity index (χ0v) is 7.73. The van der Waals surface area contributed by atoms with Gasteiger partial charge in [-0.1, -0.05) is 19.1 Å². The highest BCUT2D eigenvalue weighted by molar-refractivity contribution is 5.81. The molecule has 1 fully saturated rings. The third-order valence-electron chi connectivity index (χ3n) is 3.46. The summed E-state index contributed by atoms with van der Waals surface area (Å²) in [5.74, 6) is -4.63. The number of carbonyl (C=O) groups excluding carboxylic acids is 2. The number of rotatable bonds is 2. The maximum absolute atomic E-state index is 10.9. The molecule has 4 heteroatoms. The Kier molecular flexibility index (Phi) is 1.71. The molecule has 1 saturated carbocycles. The maximum atomic E-state index is 10.9. The average molecular weight is 194 g/mol. The summed E-state index contributed by atoms with van der Waals surface area (Å²) < 4.78 is 0. The summed E-state index contributed by atoms with van der Waals surface area (Å²) in [4.78, 5) is 21.7. The molecule has 0 aromatic carbocycles. The van der Waals surface area contributed by atoms with Crippen molar-refractivity contribution in [3.05, 3.63) is 12.2 Å². The van der Waals surface area contributed by atoms with E-state index in [2.05, 4.69) is 0 Å². The zero-order chi connectivity index (χ0) is 10.5. The highest BCUT2D eigenvalue weighted by Crippen LogP contribution is 2.55. The van der Waals surface area contributed by atoms with E-state index in [1.807, 2.05) is 0 Å². The van der Waals surface area contributed by atoms with Gasteiger partial charge in [0, 0.05) is 23.8 Å². The molecule has 0 spiro atoms. The molecule has 0 aromatic rings. The van der Waals surface area contributed by atoms with Gasteiger partial charge in [-0.05, 0) is 17.8 Å². The standard InChI is InChI=1S/C10H12O4/c1-10-3-2-5(4-10)6(8(11)12)7(10)9(13)14/h2-3,5-7H,4H2,1H3,(H,11,12)(H,13,14)/p-2. The van der Waals surface area contributed by atoms with Crippen LogP contribution in [0.1, 0.15) is 13.3 Å². The molecule has 0 N–H and O–H groups in total. The first-order valence-electron chi connectivity index (χ1n) is 4.57. The molecular weight excluding hydrogens is 184 g/mol. The first-order chi connectivity index (χ1) is 6.46. The normalized spacial score (nSPS) is 44.2. The fourth-order valence-electron chi connectivity index (χ4n) is 2.85. The van der Waals surface area contributed by atoms with Crippen molar-refractivity contribution in [2.45, 2.75) is 13.3 Å². The molecule has 2 aliphatic rings. The molecule has 2 aliphatic carbocycles. The van der Waals surface area contributed by atoms with E-state index in [-0.39, 0.29) is 5.92 Å². The molecule has 0 radical (unpaired) electrons. The van der Waals surface area contributed by atoms with Crippen molar-refractivity contribution in [1.82, 2.24) is 0 Å². The predicted molar refractivity (Wildman–Crippen MR) is 42.3 cm³/mol. The van der Waals surface area contributed by atoms with Gasteiger partial charge in [0.1, 0.15) is 0 Å². The van der Waals surface area contributed by atoms with Gasteiger partial charge in [0.25, 0.3) is 0 Å². The van der Waals surface area contributed by atoms with Crippen molar-refractivity contribution in [2.24, 2.45) is 23.2 Å². The minimum Gasteiger partial charge on any atom is -0.550 e.